The van der Waals surface area contributed by atoms with E-state index in [0.29, 0.717) is 11.5 Å². The van der Waals surface area contributed by atoms with Crippen LogP contribution in [0.2, 0.25) is 0 Å². The van der Waals surface area contributed by atoms with Crippen LogP contribution in [0.5, 0.6) is 11.5 Å². The second-order valence-corrected chi connectivity index (χ2v) is 2.90. The number of carboxylic acid groups (broad SMARTS) is 1. The summed E-state index contributed by atoms with van der Waals surface area (Å²) in [5, 5.41) is 11.0. The van der Waals surface area contributed by atoms with Crippen molar-refractivity contribution in [2.45, 2.75) is 0 Å². The molecule has 0 aromatic heterocycles. The molecule has 5 nitrogen and oxygen atoms in total. The molecule has 0 aliphatic carbocycles. The quantitative estimate of drug-likeness (QED) is 0.771. The number of hydrogen-bond donors (Lipinski definition) is 2. The summed E-state index contributed by atoms with van der Waals surface area (Å²) >= 11 is 0. The fourth-order valence-electron chi connectivity index (χ4n) is 1.13. The number of benzene rings is 1. The molecule has 1 aromatic carbocycles. The Labute approximate surface area is 85.9 Å². The maximum Gasteiger partial charge on any atom is 0.322 e. The highest BCUT2D eigenvalue weighted by Crippen LogP contribution is 2.30. The van der Waals surface area contributed by atoms with Crippen molar-refractivity contribution in [3.63, 3.8) is 0 Å². The normalized spacial score (nSPS) is 12.9. The molecule has 2 N–H and O–H groups in total. The minimum atomic E-state index is -0.960. The fourth-order valence-corrected chi connectivity index (χ4v) is 1.13. The second-order valence-electron chi connectivity index (χ2n) is 2.90. The van der Waals surface area contributed by atoms with Gasteiger partial charge in [0.1, 0.15) is 6.54 Å². The molecule has 0 unspecified atom stereocenters. The zero-order valence-electron chi connectivity index (χ0n) is 7.77. The molecule has 1 heterocycles. The molecule has 0 fully saturated rings. The molecule has 1 aliphatic heterocycles. The molecule has 2 rings (SSSR count). The van der Waals surface area contributed by atoms with Crippen molar-refractivity contribution in [1.82, 2.24) is 5.32 Å². The summed E-state index contributed by atoms with van der Waals surface area (Å²) < 4.78 is 10.6. The lowest BCUT2D eigenvalue weighted by molar-refractivity contribution is -0.135. The SMILES string of the molecule is O=C(O)CNC1=COc2ccccc2O1. The first-order valence-electron chi connectivity index (χ1n) is 4.35. The van der Waals surface area contributed by atoms with E-state index >= 15 is 0 Å². The van der Waals surface area contributed by atoms with Gasteiger partial charge in [-0.15, -0.1) is 0 Å². The molecule has 5 heteroatoms. The van der Waals surface area contributed by atoms with Crippen molar-refractivity contribution in [1.29, 1.82) is 0 Å². The predicted molar refractivity (Wildman–Crippen MR) is 51.4 cm³/mol. The average Bonchev–Trinajstić information content (AvgIpc) is 2.26. The summed E-state index contributed by atoms with van der Waals surface area (Å²) in [6.07, 6.45) is 1.34. The lowest BCUT2D eigenvalue weighted by Crippen LogP contribution is -2.26. The molecular formula is C10H9NO4. The molecule has 0 saturated heterocycles. The molecule has 0 saturated carbocycles. The van der Waals surface area contributed by atoms with Crippen LogP contribution in [0.25, 0.3) is 0 Å². The molecule has 0 amide bonds. The van der Waals surface area contributed by atoms with Gasteiger partial charge in [0.15, 0.2) is 17.8 Å². The van der Waals surface area contributed by atoms with Crippen molar-refractivity contribution < 1.29 is 19.4 Å². The minimum Gasteiger partial charge on any atom is -0.480 e. The number of nitrogens with one attached hydrogen (secondary N) is 1. The Balaban J connectivity index is 2.03. The Hall–Kier alpha value is -2.17. The highest BCUT2D eigenvalue weighted by atomic mass is 16.6. The molecule has 1 aliphatic rings. The number of rotatable bonds is 3. The molecule has 1 aromatic rings. The van der Waals surface area contributed by atoms with E-state index in [1.54, 1.807) is 12.1 Å². The lowest BCUT2D eigenvalue weighted by Gasteiger charge is -2.17. The predicted octanol–water partition coefficient (Wildman–Crippen LogP) is 0.931. The Kier molecular flexibility index (Phi) is 2.45. The summed E-state index contributed by atoms with van der Waals surface area (Å²) in [6, 6.07) is 7.14. The van der Waals surface area contributed by atoms with Gasteiger partial charge in [-0.3, -0.25) is 4.79 Å². The van der Waals surface area contributed by atoms with Crippen LogP contribution in [0, 0.1) is 0 Å². The van der Waals surface area contributed by atoms with Crippen molar-refractivity contribution in [2.24, 2.45) is 0 Å². The number of carbonyl (C=O) groups is 1. The Morgan fingerprint density at radius 3 is 2.80 bits per heavy atom. The van der Waals surface area contributed by atoms with Crippen molar-refractivity contribution in [3.8, 4) is 11.5 Å². The van der Waals surface area contributed by atoms with Crippen molar-refractivity contribution >= 4 is 5.97 Å². The van der Waals surface area contributed by atoms with Crippen LogP contribution in [0.4, 0.5) is 0 Å². The zero-order valence-corrected chi connectivity index (χ0v) is 7.77. The van der Waals surface area contributed by atoms with Gasteiger partial charge in [-0.25, -0.2) is 0 Å². The van der Waals surface area contributed by atoms with Gasteiger partial charge in [-0.2, -0.15) is 0 Å². The highest BCUT2D eigenvalue weighted by Gasteiger charge is 2.13. The smallest absolute Gasteiger partial charge is 0.322 e. The molecule has 0 spiro atoms. The Morgan fingerprint density at radius 2 is 2.07 bits per heavy atom. The van der Waals surface area contributed by atoms with Gasteiger partial charge in [0.05, 0.1) is 0 Å². The average molecular weight is 207 g/mol. The van der Waals surface area contributed by atoms with Crippen LogP contribution in [0.15, 0.2) is 36.4 Å². The Morgan fingerprint density at radius 1 is 1.33 bits per heavy atom. The first-order chi connectivity index (χ1) is 7.25. The van der Waals surface area contributed by atoms with Crippen molar-refractivity contribution in [2.75, 3.05) is 6.54 Å². The second kappa shape index (κ2) is 3.91. The van der Waals surface area contributed by atoms with Crippen LogP contribution < -0.4 is 14.8 Å². The van der Waals surface area contributed by atoms with E-state index in [0.717, 1.165) is 0 Å². The van der Waals surface area contributed by atoms with E-state index in [-0.39, 0.29) is 12.4 Å². The number of para-hydroxylation sites is 2. The number of hydrogen-bond acceptors (Lipinski definition) is 4. The standard InChI is InChI=1S/C10H9NO4/c12-10(13)5-11-9-6-14-7-3-1-2-4-8(7)15-9/h1-4,6,11H,5H2,(H,12,13). The van der Waals surface area contributed by atoms with E-state index in [1.165, 1.54) is 6.26 Å². The third-order valence-corrected chi connectivity index (χ3v) is 1.78. The van der Waals surface area contributed by atoms with Crippen molar-refractivity contribution in [3.05, 3.63) is 36.4 Å². The van der Waals surface area contributed by atoms with Gasteiger partial charge in [-0.05, 0) is 12.1 Å². The van der Waals surface area contributed by atoms with Gasteiger partial charge in [-0.1, -0.05) is 12.1 Å². The summed E-state index contributed by atoms with van der Waals surface area (Å²) in [6.45, 7) is -0.211. The number of carboxylic acids is 1. The lowest BCUT2D eigenvalue weighted by atomic mass is 10.3. The summed E-state index contributed by atoms with van der Waals surface area (Å²) in [4.78, 5) is 10.3. The van der Waals surface area contributed by atoms with E-state index in [1.807, 2.05) is 12.1 Å². The van der Waals surface area contributed by atoms with Crippen LogP contribution in [-0.4, -0.2) is 17.6 Å². The molecule has 15 heavy (non-hydrogen) atoms. The molecule has 0 radical (unpaired) electrons. The molecule has 0 bridgehead atoms. The van der Waals surface area contributed by atoms with Gasteiger partial charge in [0.25, 0.3) is 0 Å². The monoisotopic (exact) mass is 207 g/mol. The minimum absolute atomic E-state index is 0.211. The maximum absolute atomic E-state index is 10.3. The van der Waals surface area contributed by atoms with E-state index in [4.69, 9.17) is 14.6 Å². The van der Waals surface area contributed by atoms with E-state index < -0.39 is 5.97 Å². The topological polar surface area (TPSA) is 67.8 Å². The zero-order chi connectivity index (χ0) is 10.7. The van der Waals surface area contributed by atoms with Crippen LogP contribution in [0.1, 0.15) is 0 Å². The molecule has 0 atom stereocenters. The third-order valence-electron chi connectivity index (χ3n) is 1.78. The third kappa shape index (κ3) is 2.19. The Bertz CT molecular complexity index is 414. The van der Waals surface area contributed by atoms with Crippen LogP contribution in [0.3, 0.4) is 0 Å². The first kappa shape index (κ1) is 9.39. The van der Waals surface area contributed by atoms with E-state index in [2.05, 4.69) is 5.32 Å². The summed E-state index contributed by atoms with van der Waals surface area (Å²) in [5.41, 5.74) is 0. The van der Waals surface area contributed by atoms with Gasteiger partial charge in [0.2, 0.25) is 5.88 Å². The number of ether oxygens (including phenoxy) is 2. The fraction of sp³-hybridized carbons (Fsp3) is 0.100. The summed E-state index contributed by atoms with van der Waals surface area (Å²) in [7, 11) is 0. The molecular weight excluding hydrogens is 198 g/mol. The van der Waals surface area contributed by atoms with Gasteiger partial charge in [0, 0.05) is 0 Å². The largest absolute Gasteiger partial charge is 0.480 e. The van der Waals surface area contributed by atoms with Gasteiger partial charge >= 0.3 is 5.97 Å². The first-order valence-corrected chi connectivity index (χ1v) is 4.35. The van der Waals surface area contributed by atoms with Gasteiger partial charge < -0.3 is 19.9 Å². The number of fused-ring (bicyclic) bond motifs is 1. The van der Waals surface area contributed by atoms with Crippen LogP contribution >= 0.6 is 0 Å². The van der Waals surface area contributed by atoms with E-state index in [9.17, 15) is 4.79 Å². The maximum atomic E-state index is 10.3. The summed E-state index contributed by atoms with van der Waals surface area (Å²) in [5.74, 6) is 0.501. The molecule has 78 valence electrons. The highest BCUT2D eigenvalue weighted by molar-refractivity contribution is 5.69. The number of aliphatic carboxylic acids is 1. The van der Waals surface area contributed by atoms with Crippen LogP contribution in [-0.2, 0) is 4.79 Å².